The van der Waals surface area contributed by atoms with Crippen LogP contribution < -0.4 is 11.1 Å². The van der Waals surface area contributed by atoms with E-state index in [1.165, 1.54) is 0 Å². The normalized spacial score (nSPS) is 13.5. The van der Waals surface area contributed by atoms with Gasteiger partial charge in [-0.15, -0.1) is 0 Å². The fourth-order valence-corrected chi connectivity index (χ4v) is 2.89. The summed E-state index contributed by atoms with van der Waals surface area (Å²) >= 11 is 0. The maximum absolute atomic E-state index is 11.9. The third-order valence-electron chi connectivity index (χ3n) is 4.12. The van der Waals surface area contributed by atoms with Crippen LogP contribution in [0.25, 0.3) is 0 Å². The van der Waals surface area contributed by atoms with Crippen molar-refractivity contribution < 1.29 is 14.4 Å². The zero-order valence-electron chi connectivity index (χ0n) is 13.4. The van der Waals surface area contributed by atoms with Gasteiger partial charge in [-0.3, -0.25) is 14.4 Å². The number of fused-ring (bicyclic) bond motifs is 1. The highest BCUT2D eigenvalue weighted by atomic mass is 16.2. The maximum Gasteiger partial charge on any atom is 0.224 e. The Morgan fingerprint density at radius 2 is 1.78 bits per heavy atom. The van der Waals surface area contributed by atoms with E-state index in [-0.39, 0.29) is 17.6 Å². The van der Waals surface area contributed by atoms with Gasteiger partial charge in [0.15, 0.2) is 5.78 Å². The minimum atomic E-state index is -0.270. The van der Waals surface area contributed by atoms with Crippen molar-refractivity contribution in [2.45, 2.75) is 57.8 Å². The highest BCUT2D eigenvalue weighted by molar-refractivity contribution is 5.99. The van der Waals surface area contributed by atoms with Gasteiger partial charge in [0.25, 0.3) is 0 Å². The monoisotopic (exact) mass is 316 g/mol. The topological polar surface area (TPSA) is 89.3 Å². The number of hydrogen-bond acceptors (Lipinski definition) is 3. The summed E-state index contributed by atoms with van der Waals surface area (Å²) in [6, 6.07) is 5.53. The Bertz CT molecular complexity index is 596. The molecule has 0 saturated carbocycles. The Hall–Kier alpha value is -2.17. The molecule has 124 valence electrons. The number of benzene rings is 1. The summed E-state index contributed by atoms with van der Waals surface area (Å²) in [6.07, 6.45) is 6.70. The molecule has 0 aliphatic heterocycles. The number of anilines is 1. The smallest absolute Gasteiger partial charge is 0.224 e. The number of rotatable bonds is 8. The van der Waals surface area contributed by atoms with E-state index < -0.39 is 0 Å². The van der Waals surface area contributed by atoms with Gasteiger partial charge < -0.3 is 11.1 Å². The van der Waals surface area contributed by atoms with Crippen molar-refractivity contribution in [1.29, 1.82) is 0 Å². The number of aryl methyl sites for hydroxylation is 1. The number of nitrogens with two attached hydrogens (primary N) is 1. The first kappa shape index (κ1) is 17.2. The number of amides is 2. The predicted octanol–water partition coefficient (Wildman–Crippen LogP) is 2.97. The van der Waals surface area contributed by atoms with E-state index in [4.69, 9.17) is 5.73 Å². The summed E-state index contributed by atoms with van der Waals surface area (Å²) < 4.78 is 0. The van der Waals surface area contributed by atoms with Crippen molar-refractivity contribution >= 4 is 23.3 Å². The van der Waals surface area contributed by atoms with Crippen molar-refractivity contribution in [2.75, 3.05) is 5.32 Å². The fraction of sp³-hybridized carbons (Fsp3) is 0.500. The van der Waals surface area contributed by atoms with Gasteiger partial charge in [0.05, 0.1) is 0 Å². The lowest BCUT2D eigenvalue weighted by molar-refractivity contribution is -0.118. The van der Waals surface area contributed by atoms with Gasteiger partial charge >= 0.3 is 0 Å². The molecule has 2 rings (SSSR count). The van der Waals surface area contributed by atoms with E-state index in [2.05, 4.69) is 5.32 Å². The van der Waals surface area contributed by atoms with Gasteiger partial charge in [-0.2, -0.15) is 0 Å². The van der Waals surface area contributed by atoms with Gasteiger partial charge in [-0.05, 0) is 49.4 Å². The lowest BCUT2D eigenvalue weighted by Crippen LogP contribution is -2.14. The summed E-state index contributed by atoms with van der Waals surface area (Å²) in [6.45, 7) is 0. The summed E-state index contributed by atoms with van der Waals surface area (Å²) in [7, 11) is 0. The lowest BCUT2D eigenvalue weighted by Gasteiger charge is -2.16. The van der Waals surface area contributed by atoms with E-state index in [1.54, 1.807) is 6.07 Å². The van der Waals surface area contributed by atoms with Crippen molar-refractivity contribution in [2.24, 2.45) is 5.73 Å². The molecular formula is C18H24N2O3. The van der Waals surface area contributed by atoms with Gasteiger partial charge in [0.1, 0.15) is 0 Å². The number of unbranched alkanes of at least 4 members (excludes halogenated alkanes) is 3. The molecule has 5 heteroatoms. The molecule has 0 atom stereocenters. The Labute approximate surface area is 136 Å². The summed E-state index contributed by atoms with van der Waals surface area (Å²) in [5, 5.41) is 2.89. The molecule has 0 heterocycles. The fourth-order valence-electron chi connectivity index (χ4n) is 2.89. The maximum atomic E-state index is 11.9. The molecule has 0 unspecified atom stereocenters. The minimum absolute atomic E-state index is 0.0120. The van der Waals surface area contributed by atoms with E-state index in [0.717, 1.165) is 55.3 Å². The highest BCUT2D eigenvalue weighted by Crippen LogP contribution is 2.24. The van der Waals surface area contributed by atoms with Crippen LogP contribution in [0.5, 0.6) is 0 Å². The van der Waals surface area contributed by atoms with Crippen LogP contribution in [0, 0.1) is 0 Å². The molecule has 1 aromatic rings. The van der Waals surface area contributed by atoms with E-state index in [0.29, 0.717) is 19.3 Å². The van der Waals surface area contributed by atoms with Crippen LogP contribution in [0.3, 0.4) is 0 Å². The molecule has 1 aromatic carbocycles. The van der Waals surface area contributed by atoms with Crippen LogP contribution >= 0.6 is 0 Å². The summed E-state index contributed by atoms with van der Waals surface area (Å²) in [5.74, 6) is -0.0873. The molecule has 5 nitrogen and oxygen atoms in total. The quantitative estimate of drug-likeness (QED) is 0.722. The Kier molecular flexibility index (Phi) is 6.32. The number of primary amides is 1. The molecule has 2 amide bonds. The van der Waals surface area contributed by atoms with Crippen LogP contribution in [-0.2, 0) is 16.0 Å². The van der Waals surface area contributed by atoms with Crippen molar-refractivity contribution in [1.82, 2.24) is 0 Å². The molecular weight excluding hydrogens is 292 g/mol. The zero-order valence-corrected chi connectivity index (χ0v) is 13.4. The van der Waals surface area contributed by atoms with Crippen LogP contribution in [0.1, 0.15) is 67.3 Å². The first-order valence-corrected chi connectivity index (χ1v) is 8.30. The molecule has 1 aliphatic carbocycles. The zero-order chi connectivity index (χ0) is 16.7. The third kappa shape index (κ3) is 5.51. The standard InChI is InChI=1S/C18H24N2O3/c19-17(22)8-3-1-2-4-9-18(23)20-14-10-11-15-13(12-14)6-5-7-16(15)21/h10-12H,1-9H2,(H2,19,22)(H,20,23). The molecule has 0 radical (unpaired) electrons. The second kappa shape index (κ2) is 8.46. The van der Waals surface area contributed by atoms with E-state index in [1.807, 2.05) is 12.1 Å². The number of hydrogen-bond donors (Lipinski definition) is 2. The van der Waals surface area contributed by atoms with Crippen LogP contribution in [0.2, 0.25) is 0 Å². The number of ketones is 1. The first-order chi connectivity index (χ1) is 11.1. The number of nitrogens with one attached hydrogen (secondary N) is 1. The van der Waals surface area contributed by atoms with Crippen molar-refractivity contribution in [3.05, 3.63) is 29.3 Å². The predicted molar refractivity (Wildman–Crippen MR) is 89.2 cm³/mol. The second-order valence-electron chi connectivity index (χ2n) is 6.08. The molecule has 0 saturated heterocycles. The SMILES string of the molecule is NC(=O)CCCCCCC(=O)Nc1ccc2c(c1)CCCC2=O. The second-order valence-corrected chi connectivity index (χ2v) is 6.08. The average Bonchev–Trinajstić information content (AvgIpc) is 2.50. The number of Topliss-reactive ketones (excluding diaryl/α,β-unsaturated/α-hetero) is 1. The van der Waals surface area contributed by atoms with Gasteiger partial charge in [0, 0.05) is 30.5 Å². The van der Waals surface area contributed by atoms with E-state index >= 15 is 0 Å². The number of carbonyl (C=O) groups excluding carboxylic acids is 3. The Morgan fingerprint density at radius 1 is 1.04 bits per heavy atom. The average molecular weight is 316 g/mol. The van der Waals surface area contributed by atoms with E-state index in [9.17, 15) is 14.4 Å². The largest absolute Gasteiger partial charge is 0.370 e. The van der Waals surface area contributed by atoms with Gasteiger partial charge in [0.2, 0.25) is 11.8 Å². The third-order valence-corrected chi connectivity index (χ3v) is 4.12. The Balaban J connectivity index is 1.73. The molecule has 3 N–H and O–H groups in total. The first-order valence-electron chi connectivity index (χ1n) is 8.30. The van der Waals surface area contributed by atoms with Crippen LogP contribution in [0.4, 0.5) is 5.69 Å². The molecule has 23 heavy (non-hydrogen) atoms. The number of carbonyl (C=O) groups is 3. The highest BCUT2D eigenvalue weighted by Gasteiger charge is 2.17. The summed E-state index contributed by atoms with van der Waals surface area (Å²) in [4.78, 5) is 34.3. The molecule has 0 aromatic heterocycles. The molecule has 0 fully saturated rings. The lowest BCUT2D eigenvalue weighted by atomic mass is 9.90. The summed E-state index contributed by atoms with van der Waals surface area (Å²) in [5.41, 5.74) is 7.66. The van der Waals surface area contributed by atoms with Crippen molar-refractivity contribution in [3.8, 4) is 0 Å². The minimum Gasteiger partial charge on any atom is -0.370 e. The molecule has 1 aliphatic rings. The molecule has 0 bridgehead atoms. The van der Waals surface area contributed by atoms with Gasteiger partial charge in [-0.1, -0.05) is 12.8 Å². The Morgan fingerprint density at radius 3 is 2.52 bits per heavy atom. The molecule has 0 spiro atoms. The van der Waals surface area contributed by atoms with Gasteiger partial charge in [-0.25, -0.2) is 0 Å². The van der Waals surface area contributed by atoms with Crippen LogP contribution in [-0.4, -0.2) is 17.6 Å². The van der Waals surface area contributed by atoms with Crippen LogP contribution in [0.15, 0.2) is 18.2 Å². The van der Waals surface area contributed by atoms with Crippen molar-refractivity contribution in [3.63, 3.8) is 0 Å².